The topological polar surface area (TPSA) is 115 Å². The van der Waals surface area contributed by atoms with Gasteiger partial charge in [0, 0.05) is 11.8 Å². The summed E-state index contributed by atoms with van der Waals surface area (Å²) in [6.45, 7) is 0.0330. The summed E-state index contributed by atoms with van der Waals surface area (Å²) in [5, 5.41) is 21.3. The maximum Gasteiger partial charge on any atom is 0.415 e. The normalized spacial score (nSPS) is 20.4. The molecule has 1 fully saturated rings. The molecule has 2 atom stereocenters. The van der Waals surface area contributed by atoms with E-state index in [-0.39, 0.29) is 19.3 Å². The van der Waals surface area contributed by atoms with Gasteiger partial charge in [0.05, 0.1) is 19.3 Å². The number of carbonyl (C=O) groups excluding carboxylic acids is 1. The number of carbonyl (C=O) groups is 1. The van der Waals surface area contributed by atoms with Crippen LogP contribution in [0.2, 0.25) is 0 Å². The molecule has 1 aromatic carbocycles. The predicted octanol–water partition coefficient (Wildman–Crippen LogP) is 1.02. The molecular weight excluding hydrogens is 364 g/mol. The van der Waals surface area contributed by atoms with Crippen molar-refractivity contribution in [3.8, 4) is 28.4 Å². The molecule has 0 radical (unpaired) electrons. The van der Waals surface area contributed by atoms with Crippen molar-refractivity contribution < 1.29 is 19.4 Å². The van der Waals surface area contributed by atoms with Crippen LogP contribution in [-0.2, 0) is 11.8 Å². The Morgan fingerprint density at radius 1 is 1.25 bits per heavy atom. The van der Waals surface area contributed by atoms with E-state index < -0.39 is 12.2 Å². The maximum absolute atomic E-state index is 12.2. The predicted molar refractivity (Wildman–Crippen MR) is 96.6 cm³/mol. The molecular formula is C18H16N6O4. The van der Waals surface area contributed by atoms with Crippen LogP contribution in [-0.4, -0.2) is 61.8 Å². The van der Waals surface area contributed by atoms with Crippen LogP contribution in [0.5, 0.6) is 5.75 Å². The number of anilines is 1. The van der Waals surface area contributed by atoms with Crippen LogP contribution >= 0.6 is 0 Å². The van der Waals surface area contributed by atoms with Gasteiger partial charge in [0.1, 0.15) is 24.1 Å². The SMILES string of the molecule is Cn1nnc(-c2ccc(-c3ccc4c(c3)OC[C@H]3[C@H](CO)OC(=O)N43)cn2)n1. The molecule has 0 aliphatic carbocycles. The average Bonchev–Trinajstić information content (AvgIpc) is 3.31. The van der Waals surface area contributed by atoms with Crippen molar-refractivity contribution in [2.45, 2.75) is 12.1 Å². The molecule has 0 spiro atoms. The summed E-state index contributed by atoms with van der Waals surface area (Å²) < 4.78 is 11.1. The molecule has 3 aromatic rings. The number of benzene rings is 1. The fourth-order valence-electron chi connectivity index (χ4n) is 3.45. The molecule has 1 N–H and O–H groups in total. The van der Waals surface area contributed by atoms with Crippen LogP contribution < -0.4 is 9.64 Å². The molecule has 10 heteroatoms. The second kappa shape index (κ2) is 6.27. The molecule has 28 heavy (non-hydrogen) atoms. The van der Waals surface area contributed by atoms with Gasteiger partial charge < -0.3 is 14.6 Å². The van der Waals surface area contributed by atoms with E-state index in [9.17, 15) is 9.90 Å². The summed E-state index contributed by atoms with van der Waals surface area (Å²) in [6, 6.07) is 8.99. The summed E-state index contributed by atoms with van der Waals surface area (Å²) in [5.41, 5.74) is 3.05. The minimum absolute atomic E-state index is 0.234. The molecule has 2 aliphatic rings. The first-order valence-corrected chi connectivity index (χ1v) is 8.72. The Morgan fingerprint density at radius 3 is 2.82 bits per heavy atom. The van der Waals surface area contributed by atoms with Gasteiger partial charge in [-0.1, -0.05) is 12.1 Å². The number of pyridine rings is 1. The minimum Gasteiger partial charge on any atom is -0.489 e. The van der Waals surface area contributed by atoms with Gasteiger partial charge in [0.25, 0.3) is 0 Å². The second-order valence-electron chi connectivity index (χ2n) is 6.57. The van der Waals surface area contributed by atoms with Crippen LogP contribution in [0.1, 0.15) is 0 Å². The maximum atomic E-state index is 12.2. The number of ether oxygens (including phenoxy) is 2. The lowest BCUT2D eigenvalue weighted by Crippen LogP contribution is -2.45. The Morgan fingerprint density at radius 2 is 2.11 bits per heavy atom. The molecule has 1 amide bonds. The first-order chi connectivity index (χ1) is 13.6. The number of aromatic nitrogens is 5. The van der Waals surface area contributed by atoms with Gasteiger partial charge in [-0.15, -0.1) is 10.2 Å². The number of aliphatic hydroxyl groups excluding tert-OH is 1. The van der Waals surface area contributed by atoms with Gasteiger partial charge in [-0.2, -0.15) is 4.80 Å². The largest absolute Gasteiger partial charge is 0.489 e. The lowest BCUT2D eigenvalue weighted by Gasteiger charge is -2.31. The number of fused-ring (bicyclic) bond motifs is 3. The van der Waals surface area contributed by atoms with Crippen molar-refractivity contribution in [2.24, 2.45) is 7.05 Å². The van der Waals surface area contributed by atoms with E-state index in [2.05, 4.69) is 20.4 Å². The van der Waals surface area contributed by atoms with Crippen molar-refractivity contribution in [3.05, 3.63) is 36.5 Å². The number of aryl methyl sites for hydroxylation is 1. The molecule has 10 nitrogen and oxygen atoms in total. The highest BCUT2D eigenvalue weighted by atomic mass is 16.6. The zero-order valence-electron chi connectivity index (χ0n) is 14.9. The van der Waals surface area contributed by atoms with Crippen LogP contribution in [0.4, 0.5) is 10.5 Å². The van der Waals surface area contributed by atoms with E-state index >= 15 is 0 Å². The van der Waals surface area contributed by atoms with E-state index in [1.165, 1.54) is 4.80 Å². The number of hydrogen-bond acceptors (Lipinski definition) is 8. The van der Waals surface area contributed by atoms with Crippen molar-refractivity contribution in [1.82, 2.24) is 25.2 Å². The van der Waals surface area contributed by atoms with Gasteiger partial charge in [0.15, 0.2) is 6.10 Å². The number of nitrogens with zero attached hydrogens (tertiary/aromatic N) is 6. The van der Waals surface area contributed by atoms with Gasteiger partial charge in [-0.3, -0.25) is 9.88 Å². The van der Waals surface area contributed by atoms with Gasteiger partial charge in [-0.05, 0) is 29.0 Å². The third kappa shape index (κ3) is 2.57. The highest BCUT2D eigenvalue weighted by Crippen LogP contribution is 2.40. The van der Waals surface area contributed by atoms with E-state index in [1.54, 1.807) is 18.1 Å². The van der Waals surface area contributed by atoms with E-state index in [0.717, 1.165) is 11.1 Å². The van der Waals surface area contributed by atoms with Crippen LogP contribution in [0.3, 0.4) is 0 Å². The highest BCUT2D eigenvalue weighted by molar-refractivity contribution is 5.94. The van der Waals surface area contributed by atoms with Gasteiger partial charge >= 0.3 is 6.09 Å². The fourth-order valence-corrected chi connectivity index (χ4v) is 3.45. The Hall–Kier alpha value is -3.53. The number of cyclic esters (lactones) is 1. The van der Waals surface area contributed by atoms with Crippen molar-refractivity contribution in [1.29, 1.82) is 0 Å². The third-order valence-electron chi connectivity index (χ3n) is 4.85. The Balaban J connectivity index is 1.45. The smallest absolute Gasteiger partial charge is 0.415 e. The third-order valence-corrected chi connectivity index (χ3v) is 4.85. The van der Waals surface area contributed by atoms with Gasteiger partial charge in [-0.25, -0.2) is 4.79 Å². The number of rotatable bonds is 3. The molecule has 142 valence electrons. The number of hydrogen-bond donors (Lipinski definition) is 1. The standard InChI is InChI=1S/C18H16N6O4/c1-23-21-17(20-22-23)12-4-2-11(7-19-12)10-3-5-13-15(6-10)27-9-14-16(8-25)28-18(26)24(13)14/h2-7,14,16,25H,8-9H2,1H3/t14-,16-/m0/s1. The summed E-state index contributed by atoms with van der Waals surface area (Å²) in [4.78, 5) is 19.5. The van der Waals surface area contributed by atoms with E-state index in [0.29, 0.717) is 23.0 Å². The summed E-state index contributed by atoms with van der Waals surface area (Å²) in [5.74, 6) is 1.05. The van der Waals surface area contributed by atoms with Crippen LogP contribution in [0, 0.1) is 0 Å². The number of aliphatic hydroxyl groups is 1. The van der Waals surface area contributed by atoms with E-state index in [4.69, 9.17) is 9.47 Å². The molecule has 0 saturated carbocycles. The van der Waals surface area contributed by atoms with Crippen LogP contribution in [0.15, 0.2) is 36.5 Å². The summed E-state index contributed by atoms with van der Waals surface area (Å²) >= 11 is 0. The molecule has 5 rings (SSSR count). The Bertz CT molecular complexity index is 1050. The average molecular weight is 380 g/mol. The summed E-state index contributed by atoms with van der Waals surface area (Å²) in [7, 11) is 1.70. The first-order valence-electron chi connectivity index (χ1n) is 8.72. The minimum atomic E-state index is -0.577. The zero-order valence-corrected chi connectivity index (χ0v) is 14.9. The molecule has 0 bridgehead atoms. The fraction of sp³-hybridized carbons (Fsp3) is 0.278. The monoisotopic (exact) mass is 380 g/mol. The van der Waals surface area contributed by atoms with Gasteiger partial charge in [0.2, 0.25) is 5.82 Å². The molecule has 0 unspecified atom stereocenters. The number of amides is 1. The second-order valence-corrected chi connectivity index (χ2v) is 6.57. The first kappa shape index (κ1) is 16.6. The lowest BCUT2D eigenvalue weighted by molar-refractivity contribution is 0.0734. The Labute approximate surface area is 159 Å². The van der Waals surface area contributed by atoms with E-state index in [1.807, 2.05) is 30.3 Å². The van der Waals surface area contributed by atoms with Crippen molar-refractivity contribution in [3.63, 3.8) is 0 Å². The lowest BCUT2D eigenvalue weighted by atomic mass is 10.0. The highest BCUT2D eigenvalue weighted by Gasteiger charge is 2.46. The number of tetrazole rings is 1. The zero-order chi connectivity index (χ0) is 19.3. The quantitative estimate of drug-likeness (QED) is 0.716. The Kier molecular flexibility index (Phi) is 3.72. The van der Waals surface area contributed by atoms with Crippen LogP contribution in [0.25, 0.3) is 22.6 Å². The molecule has 2 aromatic heterocycles. The molecule has 2 aliphatic heterocycles. The molecule has 1 saturated heterocycles. The van der Waals surface area contributed by atoms with Crippen molar-refractivity contribution in [2.75, 3.05) is 18.1 Å². The summed E-state index contributed by atoms with van der Waals surface area (Å²) in [6.07, 6.45) is 0.681. The molecule has 4 heterocycles. The van der Waals surface area contributed by atoms with Crippen molar-refractivity contribution >= 4 is 11.8 Å².